The van der Waals surface area contributed by atoms with Gasteiger partial charge in [-0.2, -0.15) is 0 Å². The van der Waals surface area contributed by atoms with Gasteiger partial charge in [-0.3, -0.25) is 9.59 Å². The standard InChI is InChI=1S/C6H14O2.2CH3NOS/c1-4-7-6(3)8-5-2;2*2-1(3)4/h6H,4-5H2,1-3H3;2*(H3,2,3,4). The SMILES string of the molecule is CCOC(C)OCC.NC(=O)S.NC(=O)S. The molecule has 0 saturated heterocycles. The number of hydrogen-bond donors (Lipinski definition) is 4. The van der Waals surface area contributed by atoms with Crippen LogP contribution < -0.4 is 11.5 Å². The van der Waals surface area contributed by atoms with Gasteiger partial charge in [0.1, 0.15) is 0 Å². The topological polar surface area (TPSA) is 105 Å². The van der Waals surface area contributed by atoms with Crippen molar-refractivity contribution in [3.8, 4) is 0 Å². The quantitative estimate of drug-likeness (QED) is 0.458. The predicted molar refractivity (Wildman–Crippen MR) is 69.9 cm³/mol. The molecule has 0 rings (SSSR count). The van der Waals surface area contributed by atoms with Crippen LogP contribution in [0.3, 0.4) is 0 Å². The van der Waals surface area contributed by atoms with Crippen LogP contribution in [0.2, 0.25) is 0 Å². The predicted octanol–water partition coefficient (Wildman–Crippen LogP) is 1.40. The molecular weight excluding hydrogens is 252 g/mol. The summed E-state index contributed by atoms with van der Waals surface area (Å²) in [6.07, 6.45) is -0.0370. The number of nitrogens with two attached hydrogens (primary N) is 2. The molecule has 0 aliphatic heterocycles. The largest absolute Gasteiger partial charge is 0.361 e. The highest BCUT2D eigenvalue weighted by atomic mass is 32.1. The van der Waals surface area contributed by atoms with Crippen LogP contribution in [0.15, 0.2) is 0 Å². The number of ether oxygens (including phenoxy) is 2. The first-order valence-corrected chi connectivity index (χ1v) is 5.37. The van der Waals surface area contributed by atoms with E-state index >= 15 is 0 Å². The lowest BCUT2D eigenvalue weighted by molar-refractivity contribution is -0.123. The average molecular weight is 272 g/mol. The van der Waals surface area contributed by atoms with Crippen LogP contribution in [0.1, 0.15) is 20.8 Å². The van der Waals surface area contributed by atoms with Gasteiger partial charge in [0.2, 0.25) is 0 Å². The van der Waals surface area contributed by atoms with Crippen molar-refractivity contribution in [1.29, 1.82) is 0 Å². The minimum Gasteiger partial charge on any atom is -0.361 e. The van der Waals surface area contributed by atoms with E-state index in [-0.39, 0.29) is 6.29 Å². The third-order valence-electron chi connectivity index (χ3n) is 0.803. The van der Waals surface area contributed by atoms with Crippen molar-refractivity contribution in [1.82, 2.24) is 0 Å². The van der Waals surface area contributed by atoms with Crippen LogP contribution in [-0.4, -0.2) is 30.0 Å². The maximum absolute atomic E-state index is 9.09. The summed E-state index contributed by atoms with van der Waals surface area (Å²) in [6, 6.07) is 0. The van der Waals surface area contributed by atoms with Crippen molar-refractivity contribution in [2.75, 3.05) is 13.2 Å². The third-order valence-corrected chi connectivity index (χ3v) is 0.803. The second-order valence-corrected chi connectivity index (χ2v) is 3.04. The number of thiol groups is 2. The second kappa shape index (κ2) is 17.0. The molecule has 0 aromatic heterocycles. The van der Waals surface area contributed by atoms with Gasteiger partial charge in [0.15, 0.2) is 6.29 Å². The zero-order valence-corrected chi connectivity index (χ0v) is 11.5. The van der Waals surface area contributed by atoms with Crippen LogP contribution in [0.4, 0.5) is 9.59 Å². The number of primary amides is 2. The molecule has 6 nitrogen and oxygen atoms in total. The van der Waals surface area contributed by atoms with E-state index in [1.165, 1.54) is 0 Å². The van der Waals surface area contributed by atoms with Gasteiger partial charge in [-0.15, -0.1) is 0 Å². The highest BCUT2D eigenvalue weighted by Crippen LogP contribution is 1.90. The second-order valence-electron chi connectivity index (χ2n) is 2.15. The highest BCUT2D eigenvalue weighted by molar-refractivity contribution is 7.96. The van der Waals surface area contributed by atoms with Gasteiger partial charge in [0.25, 0.3) is 10.5 Å². The van der Waals surface area contributed by atoms with Crippen molar-refractivity contribution < 1.29 is 19.1 Å². The van der Waals surface area contributed by atoms with Gasteiger partial charge >= 0.3 is 0 Å². The molecule has 0 spiro atoms. The molecule has 0 aromatic rings. The molecule has 0 atom stereocenters. The average Bonchev–Trinajstić information content (AvgIpc) is 2.02. The van der Waals surface area contributed by atoms with Crippen LogP contribution >= 0.6 is 25.3 Å². The summed E-state index contributed by atoms with van der Waals surface area (Å²) in [5, 5.41) is -1.28. The summed E-state index contributed by atoms with van der Waals surface area (Å²) in [6.45, 7) is 7.25. The van der Waals surface area contributed by atoms with Crippen LogP contribution in [0, 0.1) is 0 Å². The fourth-order valence-corrected chi connectivity index (χ4v) is 0.518. The summed E-state index contributed by atoms with van der Waals surface area (Å²) < 4.78 is 10.1. The van der Waals surface area contributed by atoms with E-state index in [0.717, 1.165) is 13.2 Å². The van der Waals surface area contributed by atoms with Crippen molar-refractivity contribution >= 4 is 35.7 Å². The molecule has 0 radical (unpaired) electrons. The number of carbonyl (C=O) groups excluding carboxylic acids is 2. The van der Waals surface area contributed by atoms with Crippen molar-refractivity contribution in [3.05, 3.63) is 0 Å². The Hall–Kier alpha value is -0.440. The number of rotatable bonds is 4. The van der Waals surface area contributed by atoms with E-state index in [9.17, 15) is 0 Å². The summed E-state index contributed by atoms with van der Waals surface area (Å²) >= 11 is 6.21. The molecule has 0 heterocycles. The summed E-state index contributed by atoms with van der Waals surface area (Å²) in [4.78, 5) is 18.2. The summed E-state index contributed by atoms with van der Waals surface area (Å²) in [5.41, 5.74) is 8.67. The molecule has 98 valence electrons. The van der Waals surface area contributed by atoms with Gasteiger partial charge in [0, 0.05) is 13.2 Å². The molecule has 0 aromatic carbocycles. The van der Waals surface area contributed by atoms with Crippen molar-refractivity contribution in [3.63, 3.8) is 0 Å². The maximum Gasteiger partial charge on any atom is 0.273 e. The highest BCUT2D eigenvalue weighted by Gasteiger charge is 1.94. The molecule has 0 saturated carbocycles. The zero-order chi connectivity index (χ0) is 13.6. The van der Waals surface area contributed by atoms with E-state index in [1.807, 2.05) is 20.8 Å². The van der Waals surface area contributed by atoms with Crippen molar-refractivity contribution in [2.24, 2.45) is 11.5 Å². The Balaban J connectivity index is -0.000000179. The van der Waals surface area contributed by atoms with E-state index < -0.39 is 10.5 Å². The molecule has 2 amide bonds. The number of amides is 2. The fourth-order valence-electron chi connectivity index (χ4n) is 0.518. The molecule has 0 unspecified atom stereocenters. The van der Waals surface area contributed by atoms with Crippen LogP contribution in [0.25, 0.3) is 0 Å². The Morgan fingerprint density at radius 3 is 1.38 bits per heavy atom. The summed E-state index contributed by atoms with van der Waals surface area (Å²) in [5.74, 6) is 0. The zero-order valence-electron chi connectivity index (χ0n) is 9.67. The molecular formula is C8H20N2O4S2. The normalized spacial score (nSPS) is 8.38. The maximum atomic E-state index is 9.09. The lowest BCUT2D eigenvalue weighted by atomic mass is 10.7. The van der Waals surface area contributed by atoms with Gasteiger partial charge in [-0.05, 0) is 20.8 Å². The van der Waals surface area contributed by atoms with Gasteiger partial charge < -0.3 is 20.9 Å². The minimum absolute atomic E-state index is 0.0370. The minimum atomic E-state index is -0.639. The molecule has 0 aliphatic rings. The molecule has 0 aliphatic carbocycles. The first-order valence-electron chi connectivity index (χ1n) is 4.47. The molecule has 0 fully saturated rings. The lowest BCUT2D eigenvalue weighted by Gasteiger charge is -2.09. The number of hydrogen-bond acceptors (Lipinski definition) is 4. The first-order chi connectivity index (χ1) is 7.27. The van der Waals surface area contributed by atoms with Crippen molar-refractivity contribution in [2.45, 2.75) is 27.1 Å². The van der Waals surface area contributed by atoms with Gasteiger partial charge in [-0.25, -0.2) is 0 Å². The fraction of sp³-hybridized carbons (Fsp3) is 0.750. The Labute approximate surface area is 107 Å². The summed E-state index contributed by atoms with van der Waals surface area (Å²) in [7, 11) is 0. The van der Waals surface area contributed by atoms with Crippen LogP contribution in [0.5, 0.6) is 0 Å². The lowest BCUT2D eigenvalue weighted by Crippen LogP contribution is -2.11. The van der Waals surface area contributed by atoms with Crippen LogP contribution in [-0.2, 0) is 9.47 Å². The molecule has 8 heteroatoms. The van der Waals surface area contributed by atoms with E-state index in [2.05, 4.69) is 36.7 Å². The Bertz CT molecular complexity index is 155. The molecule has 4 N–H and O–H groups in total. The van der Waals surface area contributed by atoms with Gasteiger partial charge in [0.05, 0.1) is 0 Å². The third kappa shape index (κ3) is 69.2. The first kappa shape index (κ1) is 20.9. The van der Waals surface area contributed by atoms with E-state index in [4.69, 9.17) is 19.1 Å². The van der Waals surface area contributed by atoms with E-state index in [1.54, 1.807) is 0 Å². The molecule has 16 heavy (non-hydrogen) atoms. The Morgan fingerprint density at radius 1 is 1.06 bits per heavy atom. The Morgan fingerprint density at radius 2 is 1.25 bits per heavy atom. The van der Waals surface area contributed by atoms with Gasteiger partial charge in [-0.1, -0.05) is 25.3 Å². The monoisotopic (exact) mass is 272 g/mol. The van der Waals surface area contributed by atoms with E-state index in [0.29, 0.717) is 0 Å². The Kier molecular flexibility index (Phi) is 22.2. The smallest absolute Gasteiger partial charge is 0.273 e. The molecule has 0 bridgehead atoms. The number of carbonyl (C=O) groups is 2.